The number of nitrogens with two attached hydrogens (primary N) is 1. The average molecular weight is 291 g/mol. The van der Waals surface area contributed by atoms with E-state index in [0.29, 0.717) is 35.3 Å². The molecule has 1 aromatic rings. The van der Waals surface area contributed by atoms with Crippen molar-refractivity contribution >= 4 is 0 Å². The van der Waals surface area contributed by atoms with Gasteiger partial charge in [-0.2, -0.15) is 0 Å². The van der Waals surface area contributed by atoms with Crippen molar-refractivity contribution in [3.8, 4) is 0 Å². The molecule has 2 N–H and O–H groups in total. The van der Waals surface area contributed by atoms with Gasteiger partial charge >= 0.3 is 0 Å². The van der Waals surface area contributed by atoms with Gasteiger partial charge in [-0.25, -0.2) is 4.98 Å². The third-order valence-corrected chi connectivity index (χ3v) is 5.06. The first-order chi connectivity index (χ1) is 9.65. The zero-order valence-corrected chi connectivity index (χ0v) is 14.7. The molecule has 0 radical (unpaired) electrons. The minimum absolute atomic E-state index is 0.393. The Bertz CT molecular complexity index is 455. The summed E-state index contributed by atoms with van der Waals surface area (Å²) in [6.45, 7) is 14.8. The van der Waals surface area contributed by atoms with Crippen LogP contribution in [0.5, 0.6) is 0 Å². The molecule has 120 valence electrons. The van der Waals surface area contributed by atoms with Gasteiger partial charge in [0.15, 0.2) is 0 Å². The number of aromatic nitrogens is 2. The van der Waals surface area contributed by atoms with Crippen LogP contribution >= 0.6 is 0 Å². The monoisotopic (exact) mass is 291 g/mol. The number of hydrogen-bond donors (Lipinski definition) is 1. The Morgan fingerprint density at radius 2 is 1.81 bits per heavy atom. The van der Waals surface area contributed by atoms with Crippen LogP contribution in [0.1, 0.15) is 78.5 Å². The predicted octanol–water partition coefficient (Wildman–Crippen LogP) is 4.36. The van der Waals surface area contributed by atoms with Gasteiger partial charge in [0.1, 0.15) is 0 Å². The van der Waals surface area contributed by atoms with Crippen LogP contribution < -0.4 is 5.73 Å². The molecule has 1 aliphatic carbocycles. The molecule has 1 fully saturated rings. The molecule has 3 heteroatoms. The van der Waals surface area contributed by atoms with E-state index in [-0.39, 0.29) is 0 Å². The van der Waals surface area contributed by atoms with E-state index in [2.05, 4.69) is 51.1 Å². The van der Waals surface area contributed by atoms with Gasteiger partial charge in [-0.3, -0.25) is 0 Å². The fraction of sp³-hybridized carbons (Fsp3) is 0.833. The molecule has 3 nitrogen and oxygen atoms in total. The first kappa shape index (κ1) is 16.5. The summed E-state index contributed by atoms with van der Waals surface area (Å²) in [4.78, 5) is 4.45. The van der Waals surface area contributed by atoms with Crippen molar-refractivity contribution in [2.75, 3.05) is 6.54 Å². The molecular weight excluding hydrogens is 258 g/mol. The summed E-state index contributed by atoms with van der Waals surface area (Å²) in [5.74, 6) is 0.954. The van der Waals surface area contributed by atoms with Crippen LogP contribution in [0.3, 0.4) is 0 Å². The molecule has 2 rings (SSSR count). The molecule has 0 aromatic carbocycles. The lowest BCUT2D eigenvalue weighted by Gasteiger charge is -2.46. The molecule has 1 heterocycles. The van der Waals surface area contributed by atoms with Crippen LogP contribution in [0.4, 0.5) is 0 Å². The topological polar surface area (TPSA) is 43.8 Å². The maximum atomic E-state index is 6.03. The van der Waals surface area contributed by atoms with Crippen LogP contribution in [0, 0.1) is 16.7 Å². The third-order valence-electron chi connectivity index (χ3n) is 5.06. The Hall–Kier alpha value is -0.830. The lowest BCUT2D eigenvalue weighted by atomic mass is 9.63. The van der Waals surface area contributed by atoms with Crippen molar-refractivity contribution in [3.63, 3.8) is 0 Å². The average Bonchev–Trinajstić information content (AvgIpc) is 2.74. The van der Waals surface area contributed by atoms with E-state index in [4.69, 9.17) is 5.73 Å². The van der Waals surface area contributed by atoms with Crippen LogP contribution in [0.25, 0.3) is 0 Å². The zero-order chi connectivity index (χ0) is 15.8. The van der Waals surface area contributed by atoms with Gasteiger partial charge in [0.2, 0.25) is 0 Å². The normalized spacial score (nSPS) is 23.4. The molecule has 0 amide bonds. The Labute approximate surface area is 130 Å². The molecular formula is C18H33N3. The van der Waals surface area contributed by atoms with E-state index in [0.717, 1.165) is 0 Å². The number of hydrogen-bond acceptors (Lipinski definition) is 2. The van der Waals surface area contributed by atoms with Crippen LogP contribution in [-0.2, 0) is 0 Å². The lowest BCUT2D eigenvalue weighted by Crippen LogP contribution is -2.36. The molecule has 1 aromatic heterocycles. The Morgan fingerprint density at radius 1 is 1.24 bits per heavy atom. The maximum Gasteiger partial charge on any atom is 0.0950 e. The van der Waals surface area contributed by atoms with Crippen LogP contribution in [0.15, 0.2) is 12.5 Å². The summed E-state index contributed by atoms with van der Waals surface area (Å²) < 4.78 is 2.43. The SMILES string of the molecule is CC(C)C(CN)c1cncn1C1CC(C)(C)CC(C)(C)C1. The zero-order valence-electron chi connectivity index (χ0n) is 14.7. The van der Waals surface area contributed by atoms with Crippen molar-refractivity contribution < 1.29 is 0 Å². The smallest absolute Gasteiger partial charge is 0.0950 e. The molecule has 0 saturated heterocycles. The highest BCUT2D eigenvalue weighted by molar-refractivity contribution is 5.11. The molecule has 1 unspecified atom stereocenters. The van der Waals surface area contributed by atoms with Gasteiger partial charge < -0.3 is 10.3 Å². The highest BCUT2D eigenvalue weighted by Crippen LogP contribution is 2.50. The summed E-state index contributed by atoms with van der Waals surface area (Å²) in [5.41, 5.74) is 8.14. The summed E-state index contributed by atoms with van der Waals surface area (Å²) in [6.07, 6.45) is 7.82. The van der Waals surface area contributed by atoms with Gasteiger partial charge in [-0.15, -0.1) is 0 Å². The minimum atomic E-state index is 0.393. The molecule has 1 aliphatic rings. The van der Waals surface area contributed by atoms with Gasteiger partial charge in [-0.1, -0.05) is 41.5 Å². The fourth-order valence-electron chi connectivity index (χ4n) is 4.63. The molecule has 0 aliphatic heterocycles. The molecule has 21 heavy (non-hydrogen) atoms. The summed E-state index contributed by atoms with van der Waals surface area (Å²) in [5, 5.41) is 0. The summed E-state index contributed by atoms with van der Waals surface area (Å²) in [7, 11) is 0. The van der Waals surface area contributed by atoms with E-state index in [1.165, 1.54) is 25.0 Å². The largest absolute Gasteiger partial charge is 0.331 e. The summed E-state index contributed by atoms with van der Waals surface area (Å²) >= 11 is 0. The Kier molecular flexibility index (Phi) is 4.53. The van der Waals surface area contributed by atoms with Gasteiger partial charge in [0.25, 0.3) is 0 Å². The van der Waals surface area contributed by atoms with E-state index >= 15 is 0 Å². The van der Waals surface area contributed by atoms with Gasteiger partial charge in [0, 0.05) is 30.4 Å². The van der Waals surface area contributed by atoms with Gasteiger partial charge in [0.05, 0.1) is 6.33 Å². The predicted molar refractivity (Wildman–Crippen MR) is 89.3 cm³/mol. The third kappa shape index (κ3) is 3.68. The molecule has 0 bridgehead atoms. The van der Waals surface area contributed by atoms with E-state index in [1.54, 1.807) is 0 Å². The number of imidazole rings is 1. The molecule has 0 spiro atoms. The van der Waals surface area contributed by atoms with Crippen molar-refractivity contribution in [1.29, 1.82) is 0 Å². The van der Waals surface area contributed by atoms with Gasteiger partial charge in [-0.05, 0) is 36.0 Å². The minimum Gasteiger partial charge on any atom is -0.331 e. The first-order valence-corrected chi connectivity index (χ1v) is 8.37. The number of rotatable bonds is 4. The van der Waals surface area contributed by atoms with Crippen molar-refractivity contribution in [2.24, 2.45) is 22.5 Å². The Balaban J connectivity index is 2.32. The summed E-state index contributed by atoms with van der Waals surface area (Å²) in [6, 6.07) is 0.550. The highest BCUT2D eigenvalue weighted by Gasteiger charge is 2.39. The van der Waals surface area contributed by atoms with Crippen LogP contribution in [0.2, 0.25) is 0 Å². The van der Waals surface area contributed by atoms with E-state index in [9.17, 15) is 0 Å². The second kappa shape index (κ2) is 5.75. The van der Waals surface area contributed by atoms with Crippen molar-refractivity contribution in [1.82, 2.24) is 9.55 Å². The van der Waals surface area contributed by atoms with Crippen molar-refractivity contribution in [2.45, 2.75) is 72.8 Å². The standard InChI is InChI=1S/C18H33N3/c1-13(2)15(9-19)16-10-20-12-21(16)14-7-17(3,4)11-18(5,6)8-14/h10,12-15H,7-9,11,19H2,1-6H3. The first-order valence-electron chi connectivity index (χ1n) is 8.37. The second-order valence-corrected chi connectivity index (χ2v) is 8.88. The highest BCUT2D eigenvalue weighted by atomic mass is 15.1. The molecule has 1 saturated carbocycles. The van der Waals surface area contributed by atoms with E-state index in [1.807, 2.05) is 12.5 Å². The number of nitrogens with zero attached hydrogens (tertiary/aromatic N) is 2. The lowest BCUT2D eigenvalue weighted by molar-refractivity contribution is 0.0705. The second-order valence-electron chi connectivity index (χ2n) is 8.88. The Morgan fingerprint density at radius 3 is 2.29 bits per heavy atom. The fourth-order valence-corrected chi connectivity index (χ4v) is 4.63. The molecule has 1 atom stereocenters. The van der Waals surface area contributed by atoms with Crippen molar-refractivity contribution in [3.05, 3.63) is 18.2 Å². The maximum absolute atomic E-state index is 6.03. The quantitative estimate of drug-likeness (QED) is 0.895. The van der Waals surface area contributed by atoms with E-state index < -0.39 is 0 Å². The van der Waals surface area contributed by atoms with Crippen LogP contribution in [-0.4, -0.2) is 16.1 Å².